The van der Waals surface area contributed by atoms with E-state index >= 15 is 0 Å². The van der Waals surface area contributed by atoms with E-state index in [1.165, 1.54) is 0 Å². The molecule has 1 heterocycles. The number of nitrogens with one attached hydrogen (secondary N) is 2. The zero-order valence-electron chi connectivity index (χ0n) is 9.29. The van der Waals surface area contributed by atoms with Crippen molar-refractivity contribution in [1.82, 2.24) is 15.1 Å². The summed E-state index contributed by atoms with van der Waals surface area (Å²) in [6.07, 6.45) is 5.10. The topological polar surface area (TPSA) is 59.0 Å². The molecule has 0 aliphatic heterocycles. The van der Waals surface area contributed by atoms with Gasteiger partial charge in [-0.15, -0.1) is 0 Å². The minimum atomic E-state index is -0.190. The molecule has 0 fully saturated rings. The van der Waals surface area contributed by atoms with Gasteiger partial charge in [-0.05, 0) is 6.42 Å². The quantitative estimate of drug-likeness (QED) is 0.727. The minimum absolute atomic E-state index is 0.190. The van der Waals surface area contributed by atoms with Crippen LogP contribution in [-0.4, -0.2) is 22.4 Å². The van der Waals surface area contributed by atoms with Gasteiger partial charge in [-0.25, -0.2) is 4.79 Å². The number of carbonyl (C=O) groups is 1. The summed E-state index contributed by atoms with van der Waals surface area (Å²) < 4.78 is 1.65. The Morgan fingerprint density at radius 3 is 2.93 bits per heavy atom. The molecule has 1 rings (SSSR count). The average molecular weight is 210 g/mol. The first-order chi connectivity index (χ1) is 7.22. The maximum atomic E-state index is 11.3. The van der Waals surface area contributed by atoms with E-state index in [2.05, 4.69) is 22.7 Å². The summed E-state index contributed by atoms with van der Waals surface area (Å²) in [6, 6.07) is 1.57. The molecule has 1 aromatic heterocycles. The number of urea groups is 1. The molecule has 0 unspecified atom stereocenters. The van der Waals surface area contributed by atoms with Gasteiger partial charge in [0.25, 0.3) is 0 Å². The van der Waals surface area contributed by atoms with Gasteiger partial charge in [0.15, 0.2) is 5.82 Å². The monoisotopic (exact) mass is 210 g/mol. The number of aromatic nitrogens is 2. The van der Waals surface area contributed by atoms with Crippen LogP contribution in [0.15, 0.2) is 12.3 Å². The van der Waals surface area contributed by atoms with Crippen LogP contribution in [0.4, 0.5) is 10.6 Å². The Kier molecular flexibility index (Phi) is 4.66. The van der Waals surface area contributed by atoms with Crippen molar-refractivity contribution in [2.24, 2.45) is 7.05 Å². The van der Waals surface area contributed by atoms with E-state index < -0.39 is 0 Å². The maximum absolute atomic E-state index is 11.3. The van der Waals surface area contributed by atoms with E-state index in [1.807, 2.05) is 7.05 Å². The molecule has 2 amide bonds. The number of aryl methyl sites for hydroxylation is 1. The summed E-state index contributed by atoms with van der Waals surface area (Å²) >= 11 is 0. The summed E-state index contributed by atoms with van der Waals surface area (Å²) in [5.74, 6) is 0.575. The van der Waals surface area contributed by atoms with Gasteiger partial charge in [0.1, 0.15) is 0 Å². The number of anilines is 1. The van der Waals surface area contributed by atoms with E-state index in [9.17, 15) is 4.79 Å². The van der Waals surface area contributed by atoms with E-state index in [4.69, 9.17) is 0 Å². The second-order valence-electron chi connectivity index (χ2n) is 3.46. The summed E-state index contributed by atoms with van der Waals surface area (Å²) in [5, 5.41) is 9.47. The Balaban J connectivity index is 2.18. The molecule has 84 valence electrons. The highest BCUT2D eigenvalue weighted by atomic mass is 16.2. The highest BCUT2D eigenvalue weighted by Crippen LogP contribution is 2.00. The molecule has 0 bridgehead atoms. The van der Waals surface area contributed by atoms with Crippen molar-refractivity contribution in [1.29, 1.82) is 0 Å². The molecule has 0 radical (unpaired) electrons. The number of carbonyl (C=O) groups excluding carboxylic acids is 1. The lowest BCUT2D eigenvalue weighted by atomic mass is 10.2. The van der Waals surface area contributed by atoms with Crippen molar-refractivity contribution in [2.45, 2.75) is 26.2 Å². The van der Waals surface area contributed by atoms with Crippen molar-refractivity contribution in [3.05, 3.63) is 12.3 Å². The van der Waals surface area contributed by atoms with Crippen molar-refractivity contribution in [3.8, 4) is 0 Å². The van der Waals surface area contributed by atoms with Gasteiger partial charge < -0.3 is 5.32 Å². The third-order valence-electron chi connectivity index (χ3n) is 2.02. The Hall–Kier alpha value is -1.52. The Bertz CT molecular complexity index is 308. The van der Waals surface area contributed by atoms with Gasteiger partial charge >= 0.3 is 6.03 Å². The lowest BCUT2D eigenvalue weighted by Gasteiger charge is -2.04. The molecule has 0 spiro atoms. The molecule has 0 aliphatic rings. The van der Waals surface area contributed by atoms with Gasteiger partial charge in [0, 0.05) is 25.9 Å². The van der Waals surface area contributed by atoms with Crippen LogP contribution in [0, 0.1) is 0 Å². The third kappa shape index (κ3) is 4.49. The lowest BCUT2D eigenvalue weighted by molar-refractivity contribution is 0.252. The first-order valence-corrected chi connectivity index (χ1v) is 5.27. The number of amides is 2. The van der Waals surface area contributed by atoms with Crippen molar-refractivity contribution >= 4 is 11.8 Å². The number of rotatable bonds is 5. The van der Waals surface area contributed by atoms with Crippen molar-refractivity contribution in [3.63, 3.8) is 0 Å². The highest BCUT2D eigenvalue weighted by molar-refractivity contribution is 5.88. The van der Waals surface area contributed by atoms with Crippen LogP contribution in [-0.2, 0) is 7.05 Å². The van der Waals surface area contributed by atoms with Gasteiger partial charge in [-0.1, -0.05) is 19.8 Å². The fraction of sp³-hybridized carbons (Fsp3) is 0.600. The van der Waals surface area contributed by atoms with Gasteiger partial charge in [-0.3, -0.25) is 10.00 Å². The third-order valence-corrected chi connectivity index (χ3v) is 2.02. The van der Waals surface area contributed by atoms with Crippen molar-refractivity contribution < 1.29 is 4.79 Å². The first-order valence-electron chi connectivity index (χ1n) is 5.27. The van der Waals surface area contributed by atoms with Crippen LogP contribution in [0.2, 0.25) is 0 Å². The van der Waals surface area contributed by atoms with Gasteiger partial charge in [-0.2, -0.15) is 5.10 Å². The van der Waals surface area contributed by atoms with Gasteiger partial charge in [0.05, 0.1) is 0 Å². The van der Waals surface area contributed by atoms with E-state index in [0.29, 0.717) is 12.4 Å². The van der Waals surface area contributed by atoms with Crippen LogP contribution in [0.5, 0.6) is 0 Å². The zero-order chi connectivity index (χ0) is 11.1. The first kappa shape index (κ1) is 11.6. The second kappa shape index (κ2) is 6.06. The fourth-order valence-electron chi connectivity index (χ4n) is 1.22. The normalized spacial score (nSPS) is 10.0. The molecule has 15 heavy (non-hydrogen) atoms. The van der Waals surface area contributed by atoms with Crippen molar-refractivity contribution in [2.75, 3.05) is 11.9 Å². The maximum Gasteiger partial charge on any atom is 0.320 e. The molecule has 0 atom stereocenters. The van der Waals surface area contributed by atoms with E-state index in [-0.39, 0.29) is 6.03 Å². The van der Waals surface area contributed by atoms with E-state index in [0.717, 1.165) is 19.3 Å². The minimum Gasteiger partial charge on any atom is -0.338 e. The Labute approximate surface area is 89.9 Å². The summed E-state index contributed by atoms with van der Waals surface area (Å²) in [7, 11) is 1.81. The number of unbranched alkanes of at least 4 members (excludes halogenated alkanes) is 2. The van der Waals surface area contributed by atoms with Crippen LogP contribution < -0.4 is 10.6 Å². The summed E-state index contributed by atoms with van der Waals surface area (Å²) in [5.41, 5.74) is 0. The molecule has 5 heteroatoms. The smallest absolute Gasteiger partial charge is 0.320 e. The second-order valence-corrected chi connectivity index (χ2v) is 3.46. The number of hydrogen-bond donors (Lipinski definition) is 2. The predicted octanol–water partition coefficient (Wildman–Crippen LogP) is 1.73. The van der Waals surface area contributed by atoms with E-state index in [1.54, 1.807) is 16.9 Å². The molecule has 1 aromatic rings. The highest BCUT2D eigenvalue weighted by Gasteiger charge is 2.02. The molecule has 2 N–H and O–H groups in total. The van der Waals surface area contributed by atoms with Crippen LogP contribution in [0.3, 0.4) is 0 Å². The standard InChI is InChI=1S/C10H18N4O/c1-3-4-5-7-11-10(15)12-9-6-8-14(2)13-9/h6,8H,3-5,7H2,1-2H3,(H2,11,12,13,15). The average Bonchev–Trinajstić information content (AvgIpc) is 2.59. The molecule has 5 nitrogen and oxygen atoms in total. The van der Waals surface area contributed by atoms with Gasteiger partial charge in [0.2, 0.25) is 0 Å². The SMILES string of the molecule is CCCCCNC(=O)Nc1ccn(C)n1. The van der Waals surface area contributed by atoms with Crippen LogP contribution >= 0.6 is 0 Å². The van der Waals surface area contributed by atoms with Crippen LogP contribution in [0.1, 0.15) is 26.2 Å². The molecular weight excluding hydrogens is 192 g/mol. The molecule has 0 aromatic carbocycles. The number of nitrogens with zero attached hydrogens (tertiary/aromatic N) is 2. The number of hydrogen-bond acceptors (Lipinski definition) is 2. The molecular formula is C10H18N4O. The van der Waals surface area contributed by atoms with Crippen LogP contribution in [0.25, 0.3) is 0 Å². The molecule has 0 saturated heterocycles. The fourth-order valence-corrected chi connectivity index (χ4v) is 1.22. The largest absolute Gasteiger partial charge is 0.338 e. The Morgan fingerprint density at radius 2 is 2.33 bits per heavy atom. The summed E-state index contributed by atoms with van der Waals surface area (Å²) in [4.78, 5) is 11.3. The predicted molar refractivity (Wildman–Crippen MR) is 59.8 cm³/mol. The Morgan fingerprint density at radius 1 is 1.53 bits per heavy atom. The summed E-state index contributed by atoms with van der Waals surface area (Å²) in [6.45, 7) is 2.85. The molecule has 0 aliphatic carbocycles. The lowest BCUT2D eigenvalue weighted by Crippen LogP contribution is -2.29. The molecule has 0 saturated carbocycles. The zero-order valence-corrected chi connectivity index (χ0v) is 9.29.